The smallest absolute Gasteiger partial charge is 0.163 e. The summed E-state index contributed by atoms with van der Waals surface area (Å²) in [4.78, 5) is 11.9. The zero-order valence-corrected chi connectivity index (χ0v) is 10.3. The maximum atomic E-state index is 11.9. The quantitative estimate of drug-likeness (QED) is 0.873. The van der Waals surface area contributed by atoms with Crippen LogP contribution in [-0.4, -0.2) is 24.6 Å². The van der Waals surface area contributed by atoms with Gasteiger partial charge in [-0.2, -0.15) is 0 Å². The van der Waals surface area contributed by atoms with Gasteiger partial charge >= 0.3 is 0 Å². The zero-order chi connectivity index (χ0) is 12.5. The maximum Gasteiger partial charge on any atom is 0.163 e. The van der Waals surface area contributed by atoms with E-state index in [0.717, 1.165) is 23.3 Å². The first kappa shape index (κ1) is 12.1. The molecule has 1 aliphatic carbocycles. The second-order valence-corrected chi connectivity index (χ2v) is 4.87. The van der Waals surface area contributed by atoms with Gasteiger partial charge < -0.3 is 9.84 Å². The van der Waals surface area contributed by atoms with E-state index >= 15 is 0 Å². The molecule has 0 saturated heterocycles. The van der Waals surface area contributed by atoms with E-state index in [4.69, 9.17) is 4.74 Å². The Kier molecular flexibility index (Phi) is 3.20. The summed E-state index contributed by atoms with van der Waals surface area (Å²) < 4.78 is 5.21. The Balaban J connectivity index is 2.52. The van der Waals surface area contributed by atoms with E-state index in [2.05, 4.69) is 6.92 Å². The molecule has 17 heavy (non-hydrogen) atoms. The van der Waals surface area contributed by atoms with Crippen molar-refractivity contribution in [2.45, 2.75) is 31.6 Å². The van der Waals surface area contributed by atoms with Gasteiger partial charge in [-0.15, -0.1) is 0 Å². The fourth-order valence-corrected chi connectivity index (χ4v) is 2.56. The van der Waals surface area contributed by atoms with Gasteiger partial charge in [0, 0.05) is 18.6 Å². The molecule has 1 N–H and O–H groups in total. The number of fused-ring (bicyclic) bond motifs is 1. The highest BCUT2D eigenvalue weighted by atomic mass is 16.5. The van der Waals surface area contributed by atoms with E-state index in [-0.39, 0.29) is 17.8 Å². The van der Waals surface area contributed by atoms with Crippen molar-refractivity contribution in [3.8, 4) is 5.75 Å². The molecule has 1 atom stereocenters. The third-order valence-electron chi connectivity index (χ3n) is 3.74. The van der Waals surface area contributed by atoms with E-state index in [1.165, 1.54) is 0 Å². The molecule has 1 unspecified atom stereocenters. The van der Waals surface area contributed by atoms with Crippen LogP contribution in [0, 0.1) is 0 Å². The first-order chi connectivity index (χ1) is 8.10. The number of aliphatic hydroxyl groups is 1. The first-order valence-electron chi connectivity index (χ1n) is 5.93. The van der Waals surface area contributed by atoms with Crippen LogP contribution in [0.5, 0.6) is 5.75 Å². The lowest BCUT2D eigenvalue weighted by Gasteiger charge is -2.35. The molecule has 0 aromatic heterocycles. The van der Waals surface area contributed by atoms with Gasteiger partial charge in [0.2, 0.25) is 0 Å². The van der Waals surface area contributed by atoms with E-state index in [9.17, 15) is 9.90 Å². The van der Waals surface area contributed by atoms with Crippen LogP contribution in [0.3, 0.4) is 0 Å². The van der Waals surface area contributed by atoms with Gasteiger partial charge in [-0.3, -0.25) is 4.79 Å². The van der Waals surface area contributed by atoms with Crippen LogP contribution >= 0.6 is 0 Å². The number of hydrogen-bond acceptors (Lipinski definition) is 3. The molecule has 0 saturated carbocycles. The highest BCUT2D eigenvalue weighted by molar-refractivity contribution is 5.99. The Bertz CT molecular complexity index is 439. The summed E-state index contributed by atoms with van der Waals surface area (Å²) in [6.07, 6.45) is 2.04. The maximum absolute atomic E-state index is 11.9. The summed E-state index contributed by atoms with van der Waals surface area (Å²) in [5, 5.41) is 9.19. The second kappa shape index (κ2) is 4.49. The van der Waals surface area contributed by atoms with Crippen LogP contribution in [0.4, 0.5) is 0 Å². The molecule has 1 aromatic rings. The van der Waals surface area contributed by atoms with E-state index in [1.54, 1.807) is 7.11 Å². The topological polar surface area (TPSA) is 46.5 Å². The summed E-state index contributed by atoms with van der Waals surface area (Å²) in [6.45, 7) is 2.25. The number of carbonyl (C=O) groups excluding carboxylic acids is 1. The minimum absolute atomic E-state index is 0.119. The summed E-state index contributed by atoms with van der Waals surface area (Å²) in [5.41, 5.74) is 1.68. The van der Waals surface area contributed by atoms with Crippen molar-refractivity contribution in [1.29, 1.82) is 0 Å². The number of ether oxygens (including phenoxy) is 1. The number of aliphatic hydroxyl groups excluding tert-OH is 1. The Morgan fingerprint density at radius 1 is 1.47 bits per heavy atom. The Labute approximate surface area is 101 Å². The molecule has 0 fully saturated rings. The highest BCUT2D eigenvalue weighted by Gasteiger charge is 2.35. The summed E-state index contributed by atoms with van der Waals surface area (Å²) in [5.74, 6) is 0.959. The lowest BCUT2D eigenvalue weighted by molar-refractivity contribution is 0.0946. The van der Waals surface area contributed by atoms with Crippen LogP contribution in [0.15, 0.2) is 18.2 Å². The number of carbonyl (C=O) groups is 1. The molecule has 0 heterocycles. The number of hydrogen-bond donors (Lipinski definition) is 1. The van der Waals surface area contributed by atoms with Gasteiger partial charge in [0.25, 0.3) is 0 Å². The minimum atomic E-state index is -0.119. The average molecular weight is 234 g/mol. The standard InChI is InChI=1S/C14H18O3/c1-14(7-8-15)6-5-13(16)11-4-3-10(17-2)9-12(11)14/h3-4,9,15H,5-8H2,1-2H3. The highest BCUT2D eigenvalue weighted by Crippen LogP contribution is 2.40. The van der Waals surface area contributed by atoms with Gasteiger partial charge in [-0.05, 0) is 42.0 Å². The summed E-state index contributed by atoms with van der Waals surface area (Å²) in [7, 11) is 1.62. The van der Waals surface area contributed by atoms with Crippen LogP contribution < -0.4 is 4.74 Å². The van der Waals surface area contributed by atoms with E-state index in [0.29, 0.717) is 12.8 Å². The van der Waals surface area contributed by atoms with Crippen molar-refractivity contribution < 1.29 is 14.6 Å². The zero-order valence-electron chi connectivity index (χ0n) is 10.3. The van der Waals surface area contributed by atoms with Crippen molar-refractivity contribution >= 4 is 5.78 Å². The molecule has 2 rings (SSSR count). The Morgan fingerprint density at radius 3 is 2.88 bits per heavy atom. The number of ketones is 1. The van der Waals surface area contributed by atoms with Crippen LogP contribution in [0.1, 0.15) is 42.1 Å². The monoisotopic (exact) mass is 234 g/mol. The second-order valence-electron chi connectivity index (χ2n) is 4.87. The van der Waals surface area contributed by atoms with Crippen molar-refractivity contribution in [2.24, 2.45) is 0 Å². The number of methoxy groups -OCH3 is 1. The Hall–Kier alpha value is -1.35. The lowest BCUT2D eigenvalue weighted by Crippen LogP contribution is -2.31. The van der Waals surface area contributed by atoms with E-state index < -0.39 is 0 Å². The van der Waals surface area contributed by atoms with Crippen molar-refractivity contribution in [1.82, 2.24) is 0 Å². The summed E-state index contributed by atoms with van der Waals surface area (Å²) >= 11 is 0. The van der Waals surface area contributed by atoms with Gasteiger partial charge in [0.1, 0.15) is 5.75 Å². The predicted molar refractivity (Wildman–Crippen MR) is 65.6 cm³/mol. The van der Waals surface area contributed by atoms with E-state index in [1.807, 2.05) is 18.2 Å². The summed E-state index contributed by atoms with van der Waals surface area (Å²) in [6, 6.07) is 5.59. The van der Waals surface area contributed by atoms with Crippen molar-refractivity contribution in [3.05, 3.63) is 29.3 Å². The molecule has 3 heteroatoms. The van der Waals surface area contributed by atoms with Crippen molar-refractivity contribution in [2.75, 3.05) is 13.7 Å². The van der Waals surface area contributed by atoms with Crippen LogP contribution in [-0.2, 0) is 5.41 Å². The molecular formula is C14H18O3. The van der Waals surface area contributed by atoms with Gasteiger partial charge in [-0.1, -0.05) is 6.92 Å². The molecular weight excluding hydrogens is 216 g/mol. The number of benzene rings is 1. The fraction of sp³-hybridized carbons (Fsp3) is 0.500. The Morgan fingerprint density at radius 2 is 2.24 bits per heavy atom. The largest absolute Gasteiger partial charge is 0.497 e. The van der Waals surface area contributed by atoms with Crippen LogP contribution in [0.2, 0.25) is 0 Å². The molecule has 92 valence electrons. The molecule has 0 amide bonds. The third-order valence-corrected chi connectivity index (χ3v) is 3.74. The first-order valence-corrected chi connectivity index (χ1v) is 5.93. The average Bonchev–Trinajstić information content (AvgIpc) is 2.34. The minimum Gasteiger partial charge on any atom is -0.497 e. The van der Waals surface area contributed by atoms with Crippen molar-refractivity contribution in [3.63, 3.8) is 0 Å². The molecule has 0 spiro atoms. The molecule has 0 aliphatic heterocycles. The molecule has 0 radical (unpaired) electrons. The third kappa shape index (κ3) is 2.07. The SMILES string of the molecule is COc1ccc2c(c1)C(C)(CCO)CCC2=O. The van der Waals surface area contributed by atoms with Gasteiger partial charge in [-0.25, -0.2) is 0 Å². The molecule has 0 bridgehead atoms. The van der Waals surface area contributed by atoms with Crippen LogP contribution in [0.25, 0.3) is 0 Å². The van der Waals surface area contributed by atoms with Gasteiger partial charge in [0.15, 0.2) is 5.78 Å². The number of Topliss-reactive ketones (excluding diaryl/α,β-unsaturated/α-hetero) is 1. The fourth-order valence-electron chi connectivity index (χ4n) is 2.56. The molecule has 3 nitrogen and oxygen atoms in total. The lowest BCUT2D eigenvalue weighted by atomic mass is 9.69. The number of rotatable bonds is 3. The van der Waals surface area contributed by atoms with Gasteiger partial charge in [0.05, 0.1) is 7.11 Å². The predicted octanol–water partition coefficient (Wildman–Crippen LogP) is 2.31. The molecule has 1 aromatic carbocycles. The normalized spacial score (nSPS) is 23.4. The molecule has 1 aliphatic rings.